The molecule has 0 bridgehead atoms. The first-order valence-corrected chi connectivity index (χ1v) is 2.52. The van der Waals surface area contributed by atoms with Crippen LogP contribution in [-0.2, 0) is 0 Å². The van der Waals surface area contributed by atoms with Crippen LogP contribution in [0.5, 0.6) is 0 Å². The second kappa shape index (κ2) is 16.6. The zero-order valence-corrected chi connectivity index (χ0v) is 5.30. The molecule has 0 atom stereocenters. The molecule has 0 spiro atoms. The summed E-state index contributed by atoms with van der Waals surface area (Å²) in [6.07, 6.45) is 14.9. The summed E-state index contributed by atoms with van der Waals surface area (Å²) < 4.78 is 0. The minimum Gasteiger partial charge on any atom is -0.124 e. The van der Waals surface area contributed by atoms with Crippen molar-refractivity contribution in [2.24, 2.45) is 0 Å². The third-order valence-corrected chi connectivity index (χ3v) is 0.508. The Kier molecular flexibility index (Phi) is 21.0. The zero-order chi connectivity index (χ0) is 6.83. The minimum atomic E-state index is 1.10. The van der Waals surface area contributed by atoms with Crippen LogP contribution in [0.2, 0.25) is 0 Å². The predicted molar refractivity (Wildman–Crippen MR) is 39.5 cm³/mol. The predicted octanol–water partition coefficient (Wildman–Crippen LogP) is 2.39. The van der Waals surface area contributed by atoms with Gasteiger partial charge in [0.05, 0.1) is 0 Å². The Bertz CT molecular complexity index is 75.3. The average molecular weight is 108 g/mol. The van der Waals surface area contributed by atoms with Crippen LogP contribution in [0.15, 0.2) is 24.8 Å². The normalized spacial score (nSPS) is 7.38. The lowest BCUT2D eigenvalue weighted by atomic mass is 10.4. The van der Waals surface area contributed by atoms with Crippen LogP contribution in [0.1, 0.15) is 13.3 Å². The van der Waals surface area contributed by atoms with Gasteiger partial charge in [0.1, 0.15) is 0 Å². The van der Waals surface area contributed by atoms with Gasteiger partial charge in [0.15, 0.2) is 0 Å². The van der Waals surface area contributed by atoms with E-state index in [9.17, 15) is 0 Å². The molecule has 0 saturated heterocycles. The van der Waals surface area contributed by atoms with Crippen molar-refractivity contribution < 1.29 is 0 Å². The molecule has 0 aromatic carbocycles. The van der Waals surface area contributed by atoms with Gasteiger partial charge in [-0.3, -0.25) is 0 Å². The monoisotopic (exact) mass is 108 g/mol. The van der Waals surface area contributed by atoms with E-state index in [1.54, 1.807) is 6.08 Å². The van der Waals surface area contributed by atoms with Crippen molar-refractivity contribution in [3.63, 3.8) is 0 Å². The van der Waals surface area contributed by atoms with Crippen molar-refractivity contribution in [3.8, 4) is 12.8 Å². The number of hydrogen-bond acceptors (Lipinski definition) is 0. The smallest absolute Gasteiger partial charge is 0.0376 e. The third-order valence-electron chi connectivity index (χ3n) is 0.508. The molecule has 0 nitrogen and oxygen atoms in total. The largest absolute Gasteiger partial charge is 0.124 e. The fraction of sp³-hybridized carbons (Fsp3) is 0.250. The molecule has 0 heteroatoms. The highest BCUT2D eigenvalue weighted by atomic mass is 13.6. The second-order valence-electron chi connectivity index (χ2n) is 1.07. The highest BCUT2D eigenvalue weighted by Gasteiger charge is 1.55. The maximum atomic E-state index is 4.00. The molecule has 0 aliphatic rings. The van der Waals surface area contributed by atoms with Gasteiger partial charge in [-0.05, 0) is 6.42 Å². The fourth-order valence-corrected chi connectivity index (χ4v) is 0.232. The molecule has 44 valence electrons. The van der Waals surface area contributed by atoms with Gasteiger partial charge < -0.3 is 0 Å². The van der Waals surface area contributed by atoms with Crippen molar-refractivity contribution >= 4 is 0 Å². The van der Waals surface area contributed by atoms with E-state index in [4.69, 9.17) is 0 Å². The van der Waals surface area contributed by atoms with E-state index in [1.165, 1.54) is 0 Å². The van der Waals surface area contributed by atoms with E-state index in [0.717, 1.165) is 6.42 Å². The maximum Gasteiger partial charge on any atom is -0.0376 e. The molecule has 0 aliphatic heterocycles. The van der Waals surface area contributed by atoms with Crippen molar-refractivity contribution in [2.75, 3.05) is 0 Å². The van der Waals surface area contributed by atoms with Gasteiger partial charge in [-0.25, -0.2) is 0 Å². The summed E-state index contributed by atoms with van der Waals surface area (Å²) in [4.78, 5) is 0. The first kappa shape index (κ1) is 10.1. The number of hydrogen-bond donors (Lipinski definition) is 0. The lowest BCUT2D eigenvalue weighted by Crippen LogP contribution is -1.46. The third kappa shape index (κ3) is 19.8. The summed E-state index contributed by atoms with van der Waals surface area (Å²) >= 11 is 0. The Labute approximate surface area is 51.9 Å². The van der Waals surface area contributed by atoms with E-state index in [1.807, 2.05) is 6.08 Å². The summed E-state index contributed by atoms with van der Waals surface area (Å²) in [5.74, 6) is 0. The van der Waals surface area contributed by atoms with Gasteiger partial charge in [-0.15, -0.1) is 12.8 Å². The summed E-state index contributed by atoms with van der Waals surface area (Å²) in [7, 11) is 0. The van der Waals surface area contributed by atoms with E-state index in [-0.39, 0.29) is 0 Å². The lowest BCUT2D eigenvalue weighted by Gasteiger charge is -1.67. The van der Waals surface area contributed by atoms with Crippen LogP contribution < -0.4 is 0 Å². The van der Waals surface area contributed by atoms with E-state index in [0.29, 0.717) is 0 Å². The molecule has 0 saturated carbocycles. The van der Waals surface area contributed by atoms with Gasteiger partial charge in [0.2, 0.25) is 0 Å². The first-order chi connectivity index (χ1) is 3.91. The van der Waals surface area contributed by atoms with Crippen molar-refractivity contribution in [1.82, 2.24) is 0 Å². The van der Waals surface area contributed by atoms with Gasteiger partial charge >= 0.3 is 0 Å². The van der Waals surface area contributed by atoms with Gasteiger partial charge in [0, 0.05) is 0 Å². The first-order valence-electron chi connectivity index (χ1n) is 2.52. The number of allylic oxidation sites excluding steroid dienone is 3. The van der Waals surface area contributed by atoms with Crippen LogP contribution >= 0.6 is 0 Å². The highest BCUT2D eigenvalue weighted by molar-refractivity contribution is 4.96. The Hall–Kier alpha value is -0.960. The van der Waals surface area contributed by atoms with Crippen LogP contribution in [0, 0.1) is 12.8 Å². The summed E-state index contributed by atoms with van der Waals surface area (Å²) in [6, 6.07) is 0. The zero-order valence-electron chi connectivity index (χ0n) is 5.30. The van der Waals surface area contributed by atoms with E-state index >= 15 is 0 Å². The molecular weight excluding hydrogens is 96.1 g/mol. The van der Waals surface area contributed by atoms with Gasteiger partial charge in [-0.2, -0.15) is 0 Å². The maximum absolute atomic E-state index is 4.00. The van der Waals surface area contributed by atoms with Crippen LogP contribution in [0.3, 0.4) is 0 Å². The molecule has 0 aliphatic carbocycles. The standard InChI is InChI=1S/C6H10.C2H2/c1-3-5-6-4-2;1-2/h3,5-6H,1,4H2,2H3;1-2H/b6-5-;. The second-order valence-corrected chi connectivity index (χ2v) is 1.07. The summed E-state index contributed by atoms with van der Waals surface area (Å²) in [5.41, 5.74) is 0. The Morgan fingerprint density at radius 3 is 2.12 bits per heavy atom. The lowest BCUT2D eigenvalue weighted by molar-refractivity contribution is 1.22. The van der Waals surface area contributed by atoms with Crippen molar-refractivity contribution in [3.05, 3.63) is 24.8 Å². The quantitative estimate of drug-likeness (QED) is 0.376. The number of terminal acetylenes is 1. The summed E-state index contributed by atoms with van der Waals surface area (Å²) in [6.45, 7) is 5.61. The molecule has 0 aromatic rings. The molecule has 0 radical (unpaired) electrons. The fourth-order valence-electron chi connectivity index (χ4n) is 0.232. The molecule has 0 N–H and O–H groups in total. The SMILES string of the molecule is C#C.C=C/C=C\CC. The molecule has 0 fully saturated rings. The minimum absolute atomic E-state index is 1.10. The van der Waals surface area contributed by atoms with Crippen LogP contribution in [0.4, 0.5) is 0 Å². The molecule has 0 aromatic heterocycles. The highest BCUT2D eigenvalue weighted by Crippen LogP contribution is 1.76. The Balaban J connectivity index is 0. The van der Waals surface area contributed by atoms with Gasteiger partial charge in [0.25, 0.3) is 0 Å². The Morgan fingerprint density at radius 2 is 2.00 bits per heavy atom. The average Bonchev–Trinajstić information content (AvgIpc) is 1.88. The van der Waals surface area contributed by atoms with Crippen molar-refractivity contribution in [1.29, 1.82) is 0 Å². The number of rotatable bonds is 2. The molecule has 0 rings (SSSR count). The van der Waals surface area contributed by atoms with E-state index in [2.05, 4.69) is 32.4 Å². The topological polar surface area (TPSA) is 0 Å². The van der Waals surface area contributed by atoms with Crippen molar-refractivity contribution in [2.45, 2.75) is 13.3 Å². The van der Waals surface area contributed by atoms with E-state index < -0.39 is 0 Å². The Morgan fingerprint density at radius 1 is 1.50 bits per heavy atom. The summed E-state index contributed by atoms with van der Waals surface area (Å²) in [5, 5.41) is 0. The van der Waals surface area contributed by atoms with Gasteiger partial charge in [-0.1, -0.05) is 31.7 Å². The molecule has 8 heavy (non-hydrogen) atoms. The molecule has 0 unspecified atom stereocenters. The molecular formula is C8H12. The van der Waals surface area contributed by atoms with Crippen LogP contribution in [0.25, 0.3) is 0 Å². The molecule has 0 heterocycles. The molecule has 0 amide bonds. The van der Waals surface area contributed by atoms with Crippen LogP contribution in [-0.4, -0.2) is 0 Å².